The number of carbonyl (C=O) groups excluding carboxylic acids is 1. The first-order valence-electron chi connectivity index (χ1n) is 4.08. The molecular formula is C8H17NO4. The second-order valence-electron chi connectivity index (χ2n) is 2.50. The van der Waals surface area contributed by atoms with Crippen LogP contribution in [-0.2, 0) is 14.2 Å². The molecule has 0 aromatic carbocycles. The fourth-order valence-electron chi connectivity index (χ4n) is 0.693. The van der Waals surface area contributed by atoms with Crippen LogP contribution < -0.4 is 0 Å². The fourth-order valence-corrected chi connectivity index (χ4v) is 0.693. The highest BCUT2D eigenvalue weighted by Crippen LogP contribution is 1.88. The molecule has 0 rings (SSSR count). The minimum Gasteiger partial charge on any atom is -0.453 e. The number of carbonyl (C=O) groups is 1. The van der Waals surface area contributed by atoms with E-state index in [1.54, 1.807) is 14.2 Å². The minimum absolute atomic E-state index is 0.352. The summed E-state index contributed by atoms with van der Waals surface area (Å²) in [6.45, 7) is 2.14. The molecule has 0 atom stereocenters. The molecule has 1 amide bonds. The zero-order valence-corrected chi connectivity index (χ0v) is 8.41. The van der Waals surface area contributed by atoms with E-state index in [-0.39, 0.29) is 6.09 Å². The highest BCUT2D eigenvalue weighted by atomic mass is 16.5. The number of rotatable bonds is 6. The summed E-state index contributed by atoms with van der Waals surface area (Å²) in [4.78, 5) is 12.3. The smallest absolute Gasteiger partial charge is 0.409 e. The molecule has 0 aliphatic rings. The van der Waals surface area contributed by atoms with E-state index in [2.05, 4.69) is 4.74 Å². The van der Waals surface area contributed by atoms with Crippen LogP contribution in [0.15, 0.2) is 0 Å². The van der Waals surface area contributed by atoms with Crippen LogP contribution in [0.3, 0.4) is 0 Å². The van der Waals surface area contributed by atoms with Crippen molar-refractivity contribution in [1.29, 1.82) is 0 Å². The topological polar surface area (TPSA) is 48.0 Å². The quantitative estimate of drug-likeness (QED) is 0.568. The average molecular weight is 191 g/mol. The predicted octanol–water partition coefficient (Wildman–Crippen LogP) is 0.348. The van der Waals surface area contributed by atoms with Crippen LogP contribution in [-0.4, -0.2) is 58.6 Å². The van der Waals surface area contributed by atoms with Gasteiger partial charge in [-0.15, -0.1) is 0 Å². The van der Waals surface area contributed by atoms with Gasteiger partial charge in [0.05, 0.1) is 26.9 Å². The number of nitrogens with zero attached hydrogens (tertiary/aromatic N) is 1. The van der Waals surface area contributed by atoms with Crippen molar-refractivity contribution >= 4 is 6.09 Å². The van der Waals surface area contributed by atoms with Gasteiger partial charge in [0.2, 0.25) is 0 Å². The maximum absolute atomic E-state index is 10.9. The molecule has 0 aliphatic heterocycles. The van der Waals surface area contributed by atoms with Crippen molar-refractivity contribution in [2.75, 3.05) is 47.6 Å². The minimum atomic E-state index is -0.352. The van der Waals surface area contributed by atoms with Gasteiger partial charge in [-0.1, -0.05) is 0 Å². The molecule has 0 saturated heterocycles. The van der Waals surface area contributed by atoms with E-state index in [4.69, 9.17) is 9.47 Å². The van der Waals surface area contributed by atoms with Crippen molar-refractivity contribution < 1.29 is 19.0 Å². The summed E-state index contributed by atoms with van der Waals surface area (Å²) in [5, 5.41) is 0. The van der Waals surface area contributed by atoms with Crippen molar-refractivity contribution in [3.05, 3.63) is 0 Å². The zero-order valence-electron chi connectivity index (χ0n) is 8.41. The summed E-state index contributed by atoms with van der Waals surface area (Å²) in [6, 6.07) is 0. The summed E-state index contributed by atoms with van der Waals surface area (Å²) >= 11 is 0. The fraction of sp³-hybridized carbons (Fsp3) is 0.875. The average Bonchev–Trinajstić information content (AvgIpc) is 2.16. The number of amides is 1. The van der Waals surface area contributed by atoms with E-state index in [9.17, 15) is 4.79 Å². The van der Waals surface area contributed by atoms with Crippen molar-refractivity contribution in [3.8, 4) is 0 Å². The van der Waals surface area contributed by atoms with Crippen LogP contribution in [0.2, 0.25) is 0 Å². The molecule has 0 aliphatic carbocycles. The molecule has 5 heteroatoms. The van der Waals surface area contributed by atoms with Crippen LogP contribution in [0.5, 0.6) is 0 Å². The molecule has 78 valence electrons. The Morgan fingerprint density at radius 3 is 2.46 bits per heavy atom. The molecule has 0 fully saturated rings. The highest BCUT2D eigenvalue weighted by Gasteiger charge is 2.06. The van der Waals surface area contributed by atoms with Crippen LogP contribution >= 0.6 is 0 Å². The summed E-state index contributed by atoms with van der Waals surface area (Å²) < 4.78 is 14.4. The lowest BCUT2D eigenvalue weighted by Crippen LogP contribution is -2.30. The van der Waals surface area contributed by atoms with Crippen LogP contribution in [0.1, 0.15) is 0 Å². The number of hydrogen-bond acceptors (Lipinski definition) is 4. The van der Waals surface area contributed by atoms with Gasteiger partial charge in [-0.3, -0.25) is 0 Å². The van der Waals surface area contributed by atoms with Crippen molar-refractivity contribution in [3.63, 3.8) is 0 Å². The van der Waals surface area contributed by atoms with Crippen LogP contribution in [0.25, 0.3) is 0 Å². The Labute approximate surface area is 78.6 Å². The van der Waals surface area contributed by atoms with Crippen LogP contribution in [0, 0.1) is 0 Å². The number of likely N-dealkylation sites (N-methyl/N-ethyl adjacent to an activating group) is 1. The van der Waals surface area contributed by atoms with Gasteiger partial charge in [-0.05, 0) is 0 Å². The lowest BCUT2D eigenvalue weighted by Gasteiger charge is -2.14. The van der Waals surface area contributed by atoms with E-state index in [0.717, 1.165) is 0 Å². The number of methoxy groups -OCH3 is 2. The molecule has 0 heterocycles. The van der Waals surface area contributed by atoms with Crippen LogP contribution in [0.4, 0.5) is 4.79 Å². The molecule has 13 heavy (non-hydrogen) atoms. The molecule has 0 aromatic heterocycles. The predicted molar refractivity (Wildman–Crippen MR) is 47.7 cm³/mol. The summed E-state index contributed by atoms with van der Waals surface area (Å²) in [7, 11) is 4.63. The largest absolute Gasteiger partial charge is 0.453 e. The van der Waals surface area contributed by atoms with Gasteiger partial charge >= 0.3 is 6.09 Å². The first-order chi connectivity index (χ1) is 6.22. The van der Waals surface area contributed by atoms with Gasteiger partial charge in [0, 0.05) is 20.7 Å². The van der Waals surface area contributed by atoms with Gasteiger partial charge in [0.25, 0.3) is 0 Å². The lowest BCUT2D eigenvalue weighted by atomic mass is 10.6. The maximum Gasteiger partial charge on any atom is 0.409 e. The Balaban J connectivity index is 3.26. The molecule has 0 N–H and O–H groups in total. The maximum atomic E-state index is 10.9. The van der Waals surface area contributed by atoms with Gasteiger partial charge in [0.15, 0.2) is 0 Å². The molecule has 5 nitrogen and oxygen atoms in total. The Morgan fingerprint density at radius 2 is 1.92 bits per heavy atom. The Bertz CT molecular complexity index is 140. The van der Waals surface area contributed by atoms with Gasteiger partial charge in [-0.25, -0.2) is 4.79 Å². The van der Waals surface area contributed by atoms with E-state index in [1.807, 2.05) is 0 Å². The molecule has 0 radical (unpaired) electrons. The normalized spacial score (nSPS) is 9.77. The summed E-state index contributed by atoms with van der Waals surface area (Å²) in [5.74, 6) is 0. The summed E-state index contributed by atoms with van der Waals surface area (Å²) in [5.41, 5.74) is 0. The van der Waals surface area contributed by atoms with E-state index in [0.29, 0.717) is 26.4 Å². The third-order valence-electron chi connectivity index (χ3n) is 1.49. The van der Waals surface area contributed by atoms with E-state index in [1.165, 1.54) is 12.0 Å². The molecule has 0 saturated carbocycles. The lowest BCUT2D eigenvalue weighted by molar-refractivity contribution is 0.0578. The Kier molecular flexibility index (Phi) is 7.33. The Morgan fingerprint density at radius 1 is 1.23 bits per heavy atom. The summed E-state index contributed by atoms with van der Waals surface area (Å²) in [6.07, 6.45) is -0.352. The first kappa shape index (κ1) is 12.2. The van der Waals surface area contributed by atoms with E-state index >= 15 is 0 Å². The second-order valence-corrected chi connectivity index (χ2v) is 2.50. The molecule has 0 bridgehead atoms. The highest BCUT2D eigenvalue weighted by molar-refractivity contribution is 5.66. The number of ether oxygens (including phenoxy) is 3. The third-order valence-corrected chi connectivity index (χ3v) is 1.49. The van der Waals surface area contributed by atoms with Crippen molar-refractivity contribution in [2.24, 2.45) is 0 Å². The molecule has 0 spiro atoms. The SMILES string of the molecule is COCCOCCN(C)C(=O)OC. The standard InChI is InChI=1S/C8H17NO4/c1-9(8(10)12-3)4-5-13-7-6-11-2/h4-7H2,1-3H3. The van der Waals surface area contributed by atoms with Crippen molar-refractivity contribution in [1.82, 2.24) is 4.90 Å². The molecular weight excluding hydrogens is 174 g/mol. The van der Waals surface area contributed by atoms with E-state index < -0.39 is 0 Å². The van der Waals surface area contributed by atoms with Gasteiger partial charge < -0.3 is 19.1 Å². The number of hydrogen-bond donors (Lipinski definition) is 0. The second kappa shape index (κ2) is 7.82. The molecule has 0 aromatic rings. The van der Waals surface area contributed by atoms with Gasteiger partial charge in [-0.2, -0.15) is 0 Å². The monoisotopic (exact) mass is 191 g/mol. The van der Waals surface area contributed by atoms with Gasteiger partial charge in [0.1, 0.15) is 0 Å². The Hall–Kier alpha value is -0.810. The molecule has 0 unspecified atom stereocenters. The first-order valence-corrected chi connectivity index (χ1v) is 4.08. The zero-order chi connectivity index (χ0) is 10.1. The third kappa shape index (κ3) is 6.36. The van der Waals surface area contributed by atoms with Crippen molar-refractivity contribution in [2.45, 2.75) is 0 Å².